The number of aromatic nitrogens is 3. The van der Waals surface area contributed by atoms with Crippen LogP contribution >= 0.6 is 0 Å². The molecule has 0 aliphatic carbocycles. The summed E-state index contributed by atoms with van der Waals surface area (Å²) in [4.78, 5) is 14.8. The van der Waals surface area contributed by atoms with Crippen LogP contribution in [0.15, 0.2) is 36.5 Å². The Hall–Kier alpha value is -2.41. The summed E-state index contributed by atoms with van der Waals surface area (Å²) in [6, 6.07) is 9.43. The van der Waals surface area contributed by atoms with E-state index in [2.05, 4.69) is 20.4 Å². The molecule has 7 heteroatoms. The summed E-state index contributed by atoms with van der Waals surface area (Å²) in [5, 5.41) is 11.6. The van der Waals surface area contributed by atoms with E-state index < -0.39 is 6.03 Å². The maximum atomic E-state index is 10.8. The zero-order valence-electron chi connectivity index (χ0n) is 13.1. The number of rotatable bonds is 5. The molecule has 1 saturated heterocycles. The van der Waals surface area contributed by atoms with Gasteiger partial charge < -0.3 is 11.1 Å². The van der Waals surface area contributed by atoms with E-state index in [0.717, 1.165) is 43.9 Å². The molecule has 1 aromatic heterocycles. The number of amides is 2. The molecule has 1 aromatic carbocycles. The third-order valence-corrected chi connectivity index (χ3v) is 4.08. The van der Waals surface area contributed by atoms with Crippen LogP contribution in [0, 0.1) is 5.92 Å². The van der Waals surface area contributed by atoms with Crippen molar-refractivity contribution in [3.63, 3.8) is 0 Å². The zero-order valence-corrected chi connectivity index (χ0v) is 13.1. The third kappa shape index (κ3) is 4.29. The molecule has 1 fully saturated rings. The standard InChI is InChI=1S/C16H22N6O/c17-16(23)18-9-13-5-4-8-21(11-13)12-14-10-19-22(20-14)15-6-2-1-3-7-15/h1-3,6-7,10,13H,4-5,8-9,11-12H2,(H3,17,18,23)/t13-/m1/s1. The monoisotopic (exact) mass is 314 g/mol. The minimum Gasteiger partial charge on any atom is -0.352 e. The lowest BCUT2D eigenvalue weighted by atomic mass is 9.98. The Morgan fingerprint density at radius 1 is 1.35 bits per heavy atom. The molecule has 1 aliphatic heterocycles. The predicted molar refractivity (Wildman–Crippen MR) is 86.9 cm³/mol. The highest BCUT2D eigenvalue weighted by Crippen LogP contribution is 2.17. The highest BCUT2D eigenvalue weighted by Gasteiger charge is 2.21. The summed E-state index contributed by atoms with van der Waals surface area (Å²) >= 11 is 0. The Balaban J connectivity index is 1.57. The summed E-state index contributed by atoms with van der Waals surface area (Å²) in [6.07, 6.45) is 4.06. The number of para-hydroxylation sites is 1. The summed E-state index contributed by atoms with van der Waals surface area (Å²) in [5.74, 6) is 0.445. The number of nitrogens with two attached hydrogens (primary N) is 1. The average molecular weight is 314 g/mol. The second-order valence-corrected chi connectivity index (χ2v) is 5.95. The van der Waals surface area contributed by atoms with Gasteiger partial charge in [0.2, 0.25) is 0 Å². The van der Waals surface area contributed by atoms with Gasteiger partial charge in [-0.1, -0.05) is 18.2 Å². The molecule has 2 heterocycles. The molecule has 23 heavy (non-hydrogen) atoms. The van der Waals surface area contributed by atoms with Gasteiger partial charge in [-0.05, 0) is 37.4 Å². The fourth-order valence-electron chi connectivity index (χ4n) is 2.99. The van der Waals surface area contributed by atoms with Crippen molar-refractivity contribution in [3.8, 4) is 5.69 Å². The number of benzene rings is 1. The SMILES string of the molecule is NC(=O)NC[C@H]1CCCN(Cc2cnn(-c3ccccc3)n2)C1. The van der Waals surface area contributed by atoms with Gasteiger partial charge in [-0.3, -0.25) is 4.90 Å². The summed E-state index contributed by atoms with van der Waals surface area (Å²) in [5.41, 5.74) is 7.06. The van der Waals surface area contributed by atoms with Gasteiger partial charge in [-0.15, -0.1) is 0 Å². The van der Waals surface area contributed by atoms with Crippen LogP contribution in [0.3, 0.4) is 0 Å². The molecule has 7 nitrogen and oxygen atoms in total. The molecule has 0 spiro atoms. The number of hydrogen-bond acceptors (Lipinski definition) is 4. The Kier molecular flexibility index (Phi) is 4.87. The number of carbonyl (C=O) groups is 1. The van der Waals surface area contributed by atoms with Crippen molar-refractivity contribution in [2.45, 2.75) is 19.4 Å². The molecular weight excluding hydrogens is 292 g/mol. The fourth-order valence-corrected chi connectivity index (χ4v) is 2.99. The first-order chi connectivity index (χ1) is 11.2. The molecule has 0 saturated carbocycles. The van der Waals surface area contributed by atoms with E-state index in [-0.39, 0.29) is 0 Å². The average Bonchev–Trinajstić information content (AvgIpc) is 3.03. The number of carbonyl (C=O) groups excluding carboxylic acids is 1. The number of hydrogen-bond donors (Lipinski definition) is 2. The van der Waals surface area contributed by atoms with Crippen LogP contribution in [0.5, 0.6) is 0 Å². The number of piperidine rings is 1. The Labute approximate surface area is 135 Å². The fraction of sp³-hybridized carbons (Fsp3) is 0.438. The van der Waals surface area contributed by atoms with Crippen LogP contribution in [-0.4, -0.2) is 45.6 Å². The minimum absolute atomic E-state index is 0.445. The van der Waals surface area contributed by atoms with Crippen LogP contribution in [0.25, 0.3) is 5.69 Å². The summed E-state index contributed by atoms with van der Waals surface area (Å²) in [6.45, 7) is 3.41. The molecular formula is C16H22N6O. The number of primary amides is 1. The first-order valence-corrected chi connectivity index (χ1v) is 7.93. The first-order valence-electron chi connectivity index (χ1n) is 7.93. The number of likely N-dealkylation sites (tertiary alicyclic amines) is 1. The van der Waals surface area contributed by atoms with E-state index in [1.165, 1.54) is 0 Å². The van der Waals surface area contributed by atoms with Crippen molar-refractivity contribution < 1.29 is 4.79 Å². The molecule has 0 bridgehead atoms. The van der Waals surface area contributed by atoms with Crippen molar-refractivity contribution in [2.24, 2.45) is 11.7 Å². The topological polar surface area (TPSA) is 89.1 Å². The van der Waals surface area contributed by atoms with E-state index in [9.17, 15) is 4.79 Å². The van der Waals surface area contributed by atoms with Crippen LogP contribution in [0.2, 0.25) is 0 Å². The highest BCUT2D eigenvalue weighted by molar-refractivity contribution is 5.71. The molecule has 1 aliphatic rings. The second-order valence-electron chi connectivity index (χ2n) is 5.95. The van der Waals surface area contributed by atoms with Gasteiger partial charge in [0.15, 0.2) is 0 Å². The largest absolute Gasteiger partial charge is 0.352 e. The molecule has 2 amide bonds. The van der Waals surface area contributed by atoms with Gasteiger partial charge in [0.25, 0.3) is 0 Å². The molecule has 3 rings (SSSR count). The van der Waals surface area contributed by atoms with Gasteiger partial charge >= 0.3 is 6.03 Å². The molecule has 0 radical (unpaired) electrons. The minimum atomic E-state index is -0.451. The summed E-state index contributed by atoms with van der Waals surface area (Å²) in [7, 11) is 0. The molecule has 3 N–H and O–H groups in total. The Morgan fingerprint density at radius 2 is 2.17 bits per heavy atom. The van der Waals surface area contributed by atoms with Crippen molar-refractivity contribution >= 4 is 6.03 Å². The molecule has 2 aromatic rings. The van der Waals surface area contributed by atoms with E-state index >= 15 is 0 Å². The number of nitrogens with zero attached hydrogens (tertiary/aromatic N) is 4. The van der Waals surface area contributed by atoms with Crippen molar-refractivity contribution in [2.75, 3.05) is 19.6 Å². The lowest BCUT2D eigenvalue weighted by Gasteiger charge is -2.32. The van der Waals surface area contributed by atoms with Gasteiger partial charge in [0.05, 0.1) is 17.6 Å². The van der Waals surface area contributed by atoms with Crippen molar-refractivity contribution in [1.82, 2.24) is 25.2 Å². The lowest BCUT2D eigenvalue weighted by Crippen LogP contribution is -2.41. The van der Waals surface area contributed by atoms with E-state index in [0.29, 0.717) is 12.5 Å². The van der Waals surface area contributed by atoms with Gasteiger partial charge in [0.1, 0.15) is 0 Å². The van der Waals surface area contributed by atoms with Crippen molar-refractivity contribution in [3.05, 3.63) is 42.2 Å². The van der Waals surface area contributed by atoms with Gasteiger partial charge in [-0.2, -0.15) is 15.0 Å². The number of nitrogens with one attached hydrogen (secondary N) is 1. The Morgan fingerprint density at radius 3 is 2.96 bits per heavy atom. The van der Waals surface area contributed by atoms with Gasteiger partial charge in [-0.25, -0.2) is 4.79 Å². The lowest BCUT2D eigenvalue weighted by molar-refractivity contribution is 0.164. The van der Waals surface area contributed by atoms with E-state index in [1.807, 2.05) is 36.5 Å². The third-order valence-electron chi connectivity index (χ3n) is 4.08. The molecule has 1 atom stereocenters. The normalized spacial score (nSPS) is 18.7. The first kappa shape index (κ1) is 15.5. The van der Waals surface area contributed by atoms with E-state index in [4.69, 9.17) is 5.73 Å². The highest BCUT2D eigenvalue weighted by atomic mass is 16.2. The summed E-state index contributed by atoms with van der Waals surface area (Å²) < 4.78 is 0. The maximum absolute atomic E-state index is 10.8. The quantitative estimate of drug-likeness (QED) is 0.866. The van der Waals surface area contributed by atoms with Crippen LogP contribution in [0.4, 0.5) is 4.79 Å². The predicted octanol–water partition coefficient (Wildman–Crippen LogP) is 1.15. The van der Waals surface area contributed by atoms with Gasteiger partial charge in [0, 0.05) is 19.6 Å². The maximum Gasteiger partial charge on any atom is 0.312 e. The smallest absolute Gasteiger partial charge is 0.312 e. The van der Waals surface area contributed by atoms with Crippen molar-refractivity contribution in [1.29, 1.82) is 0 Å². The number of urea groups is 1. The van der Waals surface area contributed by atoms with Crippen LogP contribution < -0.4 is 11.1 Å². The van der Waals surface area contributed by atoms with Crippen LogP contribution in [0.1, 0.15) is 18.5 Å². The molecule has 122 valence electrons. The second kappa shape index (κ2) is 7.23. The molecule has 0 unspecified atom stereocenters. The zero-order chi connectivity index (χ0) is 16.1. The van der Waals surface area contributed by atoms with E-state index in [1.54, 1.807) is 4.80 Å². The van der Waals surface area contributed by atoms with Crippen LogP contribution in [-0.2, 0) is 6.54 Å². The Bertz CT molecular complexity index is 641.